The molecule has 6 heteroatoms. The van der Waals surface area contributed by atoms with Crippen molar-refractivity contribution in [2.24, 2.45) is 5.92 Å². The fraction of sp³-hybridized carbons (Fsp3) is 0.529. The van der Waals surface area contributed by atoms with Gasteiger partial charge in [-0.25, -0.2) is 4.79 Å². The Bertz CT molecular complexity index is 558. The lowest BCUT2D eigenvalue weighted by Gasteiger charge is -2.33. The molecule has 0 spiro atoms. The second-order valence-electron chi connectivity index (χ2n) is 6.94. The lowest BCUT2D eigenvalue weighted by atomic mass is 9.94. The third-order valence-electron chi connectivity index (χ3n) is 3.75. The SMILES string of the molecule is CC(C)(C)NC(=O)C1CCN(C(=O)Nc2ccc(Cl)cc2)CC1. The molecule has 23 heavy (non-hydrogen) atoms. The first kappa shape index (κ1) is 17.6. The monoisotopic (exact) mass is 337 g/mol. The first-order valence-electron chi connectivity index (χ1n) is 7.88. The zero-order valence-electron chi connectivity index (χ0n) is 13.9. The molecule has 1 aliphatic rings. The van der Waals surface area contributed by atoms with Gasteiger partial charge in [-0.2, -0.15) is 0 Å². The highest BCUT2D eigenvalue weighted by Gasteiger charge is 2.29. The lowest BCUT2D eigenvalue weighted by molar-refractivity contribution is -0.127. The molecule has 0 unspecified atom stereocenters. The Morgan fingerprint density at radius 3 is 2.22 bits per heavy atom. The summed E-state index contributed by atoms with van der Waals surface area (Å²) in [4.78, 5) is 26.2. The summed E-state index contributed by atoms with van der Waals surface area (Å²) >= 11 is 5.83. The number of nitrogens with one attached hydrogen (secondary N) is 2. The summed E-state index contributed by atoms with van der Waals surface area (Å²) in [6, 6.07) is 6.87. The molecule has 1 heterocycles. The molecule has 126 valence electrons. The predicted octanol–water partition coefficient (Wildman–Crippen LogP) is 3.50. The van der Waals surface area contributed by atoms with Gasteiger partial charge in [0.05, 0.1) is 0 Å². The van der Waals surface area contributed by atoms with E-state index in [4.69, 9.17) is 11.6 Å². The van der Waals surface area contributed by atoms with Gasteiger partial charge >= 0.3 is 6.03 Å². The maximum Gasteiger partial charge on any atom is 0.321 e. The Morgan fingerprint density at radius 2 is 1.70 bits per heavy atom. The summed E-state index contributed by atoms with van der Waals surface area (Å²) in [7, 11) is 0. The van der Waals surface area contributed by atoms with Crippen LogP contribution < -0.4 is 10.6 Å². The van der Waals surface area contributed by atoms with Gasteiger partial charge in [0.25, 0.3) is 0 Å². The third kappa shape index (κ3) is 5.43. The van der Waals surface area contributed by atoms with Crippen molar-refractivity contribution in [1.82, 2.24) is 10.2 Å². The van der Waals surface area contributed by atoms with Crippen LogP contribution in [0.4, 0.5) is 10.5 Å². The van der Waals surface area contributed by atoms with Gasteiger partial charge in [-0.1, -0.05) is 11.6 Å². The molecule has 0 atom stereocenters. The fourth-order valence-corrected chi connectivity index (χ4v) is 2.68. The molecular formula is C17H24ClN3O2. The molecule has 1 aromatic carbocycles. The smallest absolute Gasteiger partial charge is 0.321 e. The minimum Gasteiger partial charge on any atom is -0.351 e. The van der Waals surface area contributed by atoms with Crippen LogP contribution in [0.1, 0.15) is 33.6 Å². The average molecular weight is 338 g/mol. The molecule has 1 aromatic rings. The first-order chi connectivity index (χ1) is 10.7. The Hall–Kier alpha value is -1.75. The minimum absolute atomic E-state index is 0.0196. The largest absolute Gasteiger partial charge is 0.351 e. The van der Waals surface area contributed by atoms with Gasteiger partial charge in [-0.15, -0.1) is 0 Å². The van der Waals surface area contributed by atoms with E-state index < -0.39 is 0 Å². The van der Waals surface area contributed by atoms with Gasteiger partial charge < -0.3 is 15.5 Å². The number of carbonyl (C=O) groups is 2. The van der Waals surface area contributed by atoms with E-state index in [9.17, 15) is 9.59 Å². The molecule has 3 amide bonds. The van der Waals surface area contributed by atoms with Crippen molar-refractivity contribution < 1.29 is 9.59 Å². The Morgan fingerprint density at radius 1 is 1.13 bits per heavy atom. The molecule has 1 saturated heterocycles. The maximum atomic E-state index is 12.2. The molecule has 5 nitrogen and oxygen atoms in total. The quantitative estimate of drug-likeness (QED) is 0.867. The van der Waals surface area contributed by atoms with E-state index in [-0.39, 0.29) is 23.4 Å². The van der Waals surface area contributed by atoms with Crippen LogP contribution in [0.3, 0.4) is 0 Å². The van der Waals surface area contributed by atoms with Gasteiger partial charge in [0.2, 0.25) is 5.91 Å². The van der Waals surface area contributed by atoms with Crippen LogP contribution in [0.2, 0.25) is 5.02 Å². The molecular weight excluding hydrogens is 314 g/mol. The molecule has 2 N–H and O–H groups in total. The van der Waals surface area contributed by atoms with E-state index in [0.29, 0.717) is 36.6 Å². The lowest BCUT2D eigenvalue weighted by Crippen LogP contribution is -2.48. The van der Waals surface area contributed by atoms with Crippen LogP contribution in [0.15, 0.2) is 24.3 Å². The molecule has 0 aliphatic carbocycles. The van der Waals surface area contributed by atoms with Crippen molar-refractivity contribution in [2.45, 2.75) is 39.2 Å². The Kier molecular flexibility index (Phi) is 5.52. The van der Waals surface area contributed by atoms with Crippen LogP contribution in [0, 0.1) is 5.92 Å². The zero-order chi connectivity index (χ0) is 17.0. The normalized spacial score (nSPS) is 16.1. The number of anilines is 1. The van der Waals surface area contributed by atoms with Crippen molar-refractivity contribution in [1.29, 1.82) is 0 Å². The van der Waals surface area contributed by atoms with Crippen LogP contribution in [0.5, 0.6) is 0 Å². The molecule has 0 bridgehead atoms. The summed E-state index contributed by atoms with van der Waals surface area (Å²) in [6.07, 6.45) is 1.38. The maximum absolute atomic E-state index is 12.2. The summed E-state index contributed by atoms with van der Waals surface area (Å²) in [5.41, 5.74) is 0.493. The number of urea groups is 1. The van der Waals surface area contributed by atoms with E-state index in [1.54, 1.807) is 29.2 Å². The fourth-order valence-electron chi connectivity index (χ4n) is 2.55. The number of halogens is 1. The van der Waals surface area contributed by atoms with E-state index in [1.807, 2.05) is 20.8 Å². The molecule has 0 aromatic heterocycles. The van der Waals surface area contributed by atoms with Gasteiger partial charge in [0.15, 0.2) is 0 Å². The second kappa shape index (κ2) is 7.21. The van der Waals surface area contributed by atoms with E-state index in [1.165, 1.54) is 0 Å². The molecule has 0 radical (unpaired) electrons. The van der Waals surface area contributed by atoms with Crippen LogP contribution in [0.25, 0.3) is 0 Å². The topological polar surface area (TPSA) is 61.4 Å². The Balaban J connectivity index is 1.83. The van der Waals surface area contributed by atoms with Crippen LogP contribution >= 0.6 is 11.6 Å². The number of likely N-dealkylation sites (tertiary alicyclic amines) is 1. The van der Waals surface area contributed by atoms with Crippen molar-refractivity contribution in [3.8, 4) is 0 Å². The number of amides is 3. The zero-order valence-corrected chi connectivity index (χ0v) is 14.6. The van der Waals surface area contributed by atoms with Gasteiger partial charge in [-0.05, 0) is 57.9 Å². The van der Waals surface area contributed by atoms with E-state index >= 15 is 0 Å². The van der Waals surface area contributed by atoms with Crippen molar-refractivity contribution in [3.05, 3.63) is 29.3 Å². The number of benzene rings is 1. The summed E-state index contributed by atoms with van der Waals surface area (Å²) in [5, 5.41) is 6.49. The predicted molar refractivity (Wildman–Crippen MR) is 92.7 cm³/mol. The molecule has 1 aliphatic heterocycles. The molecule has 2 rings (SSSR count). The number of hydrogen-bond acceptors (Lipinski definition) is 2. The number of hydrogen-bond donors (Lipinski definition) is 2. The molecule has 0 saturated carbocycles. The highest BCUT2D eigenvalue weighted by molar-refractivity contribution is 6.30. The number of nitrogens with zero attached hydrogens (tertiary/aromatic N) is 1. The minimum atomic E-state index is -0.222. The number of piperidine rings is 1. The van der Waals surface area contributed by atoms with Crippen molar-refractivity contribution in [2.75, 3.05) is 18.4 Å². The highest BCUT2D eigenvalue weighted by Crippen LogP contribution is 2.20. The number of carbonyl (C=O) groups excluding carboxylic acids is 2. The standard InChI is InChI=1S/C17H24ClN3O2/c1-17(2,3)20-15(22)12-8-10-21(11-9-12)16(23)19-14-6-4-13(18)5-7-14/h4-7,12H,8-11H2,1-3H3,(H,19,23)(H,20,22). The summed E-state index contributed by atoms with van der Waals surface area (Å²) in [5.74, 6) is 0.0593. The third-order valence-corrected chi connectivity index (χ3v) is 4.00. The second-order valence-corrected chi connectivity index (χ2v) is 7.37. The average Bonchev–Trinajstić information content (AvgIpc) is 2.48. The van der Waals surface area contributed by atoms with Gasteiger partial charge in [0.1, 0.15) is 0 Å². The van der Waals surface area contributed by atoms with Crippen molar-refractivity contribution in [3.63, 3.8) is 0 Å². The van der Waals surface area contributed by atoms with Crippen LogP contribution in [-0.4, -0.2) is 35.5 Å². The number of rotatable bonds is 2. The van der Waals surface area contributed by atoms with E-state index in [0.717, 1.165) is 0 Å². The molecule has 1 fully saturated rings. The first-order valence-corrected chi connectivity index (χ1v) is 8.26. The Labute approximate surface area is 142 Å². The van der Waals surface area contributed by atoms with Crippen LogP contribution in [-0.2, 0) is 4.79 Å². The van der Waals surface area contributed by atoms with Gasteiger partial charge in [0, 0.05) is 35.3 Å². The van der Waals surface area contributed by atoms with Crippen molar-refractivity contribution >= 4 is 29.2 Å². The summed E-state index contributed by atoms with van der Waals surface area (Å²) < 4.78 is 0. The summed E-state index contributed by atoms with van der Waals surface area (Å²) in [6.45, 7) is 7.09. The van der Waals surface area contributed by atoms with Gasteiger partial charge in [-0.3, -0.25) is 4.79 Å². The van der Waals surface area contributed by atoms with E-state index in [2.05, 4.69) is 10.6 Å². The highest BCUT2D eigenvalue weighted by atomic mass is 35.5.